The predicted molar refractivity (Wildman–Crippen MR) is 60.7 cm³/mol. The number of halogens is 3. The molecular formula is C4H13Cl3O4S2Zr. The van der Waals surface area contributed by atoms with Crippen LogP contribution in [0, 0.1) is 0 Å². The van der Waals surface area contributed by atoms with Crippen LogP contribution in [0.3, 0.4) is 0 Å². The molecule has 0 saturated carbocycles. The van der Waals surface area contributed by atoms with Gasteiger partial charge in [0.2, 0.25) is 0 Å². The Balaban J connectivity index is -0.000000167. The normalized spacial score (nSPS) is 10.1. The van der Waals surface area contributed by atoms with Gasteiger partial charge in [-0.3, -0.25) is 0 Å². The summed E-state index contributed by atoms with van der Waals surface area (Å²) in [4.78, 5) is 0. The molecule has 0 atom stereocenters. The van der Waals surface area contributed by atoms with E-state index in [2.05, 4.69) is 0 Å². The summed E-state index contributed by atoms with van der Waals surface area (Å²) in [6.07, 6.45) is 0. The van der Waals surface area contributed by atoms with E-state index >= 15 is 0 Å². The standard InChI is InChI=1S/2C2H5O2S.3ClH.Zr/c2*1-2-5(3)4;;;;/h2*2H2,1H3;3*1H;. The molecule has 90 valence electrons. The maximum absolute atomic E-state index is 10.9. The summed E-state index contributed by atoms with van der Waals surface area (Å²) in [7, 11) is 0. The average Bonchev–Trinajstić information content (AvgIpc) is 1.86. The molecule has 0 radical (unpaired) electrons. The van der Waals surface area contributed by atoms with Gasteiger partial charge in [0, 0.05) is 0 Å². The molecule has 0 bridgehead atoms. The zero-order chi connectivity index (χ0) is 9.12. The van der Waals surface area contributed by atoms with Crippen molar-refractivity contribution < 1.29 is 37.1 Å². The first kappa shape index (κ1) is 24.8. The average molecular weight is 387 g/mol. The number of rotatable bonds is 4. The summed E-state index contributed by atoms with van der Waals surface area (Å²) in [5.74, 6) is -0.0865. The van der Waals surface area contributed by atoms with Crippen molar-refractivity contribution in [3.05, 3.63) is 0 Å². The number of hydrogen-bond donors (Lipinski definition) is 0. The van der Waals surface area contributed by atoms with Gasteiger partial charge in [-0.05, 0) is 0 Å². The van der Waals surface area contributed by atoms with Crippen LogP contribution in [0.15, 0.2) is 0 Å². The minimum Gasteiger partial charge on any atom is -0.147 e. The van der Waals surface area contributed by atoms with E-state index in [4.69, 9.17) is 0 Å². The second kappa shape index (κ2) is 9.85. The van der Waals surface area contributed by atoms with Crippen molar-refractivity contribution >= 4 is 50.4 Å². The van der Waals surface area contributed by atoms with Crippen molar-refractivity contribution in [1.29, 1.82) is 0 Å². The molecule has 0 fully saturated rings. The van der Waals surface area contributed by atoms with Gasteiger partial charge >= 0.3 is 75.7 Å². The molecule has 0 amide bonds. The van der Waals surface area contributed by atoms with Gasteiger partial charge in [0.05, 0.1) is 0 Å². The molecule has 0 aromatic carbocycles. The molecule has 0 aliphatic heterocycles. The molecule has 0 rings (SSSR count). The van der Waals surface area contributed by atoms with Gasteiger partial charge in [-0.15, -0.1) is 37.2 Å². The quantitative estimate of drug-likeness (QED) is 0.723. The second-order valence-electron chi connectivity index (χ2n) is 1.89. The molecule has 0 aromatic rings. The summed E-state index contributed by atoms with van der Waals surface area (Å²) < 4.78 is 43.5. The summed E-state index contributed by atoms with van der Waals surface area (Å²) in [5, 5.41) is 0. The third-order valence-electron chi connectivity index (χ3n) is 1.01. The van der Waals surface area contributed by atoms with E-state index < -0.39 is 33.5 Å². The van der Waals surface area contributed by atoms with E-state index in [1.807, 2.05) is 0 Å². The first-order valence-electron chi connectivity index (χ1n) is 3.07. The van der Waals surface area contributed by atoms with Crippen molar-refractivity contribution in [1.82, 2.24) is 0 Å². The van der Waals surface area contributed by atoms with Gasteiger partial charge in [0.15, 0.2) is 0 Å². The van der Waals surface area contributed by atoms with E-state index in [9.17, 15) is 16.8 Å². The van der Waals surface area contributed by atoms with E-state index in [-0.39, 0.29) is 48.7 Å². The molecule has 0 saturated heterocycles. The van der Waals surface area contributed by atoms with Crippen molar-refractivity contribution in [3.8, 4) is 0 Å². The van der Waals surface area contributed by atoms with Crippen LogP contribution in [0.2, 0.25) is 0 Å². The molecule has 0 heterocycles. The number of hydrogen-bond acceptors (Lipinski definition) is 4. The molecule has 14 heavy (non-hydrogen) atoms. The Morgan fingerprint density at radius 3 is 1.14 bits per heavy atom. The Morgan fingerprint density at radius 2 is 1.00 bits per heavy atom. The van der Waals surface area contributed by atoms with Gasteiger partial charge in [-0.2, -0.15) is 0 Å². The Bertz CT molecular complexity index is 279. The fourth-order valence-electron chi connectivity index (χ4n) is 0.311. The van der Waals surface area contributed by atoms with Crippen LogP contribution in [-0.4, -0.2) is 28.3 Å². The van der Waals surface area contributed by atoms with Crippen molar-refractivity contribution in [2.24, 2.45) is 0 Å². The van der Waals surface area contributed by atoms with E-state index in [1.165, 1.54) is 13.8 Å². The fourth-order valence-corrected chi connectivity index (χ4v) is 16.6. The third-order valence-corrected chi connectivity index (χ3v) is 20.1. The van der Waals surface area contributed by atoms with E-state index in [1.54, 1.807) is 0 Å². The van der Waals surface area contributed by atoms with Gasteiger partial charge < -0.3 is 0 Å². The van der Waals surface area contributed by atoms with E-state index in [0.717, 1.165) is 0 Å². The second-order valence-corrected chi connectivity index (χ2v) is 19.0. The maximum atomic E-state index is 10.9. The molecule has 0 aliphatic rings. The van der Waals surface area contributed by atoms with Crippen molar-refractivity contribution in [2.45, 2.75) is 13.8 Å². The van der Waals surface area contributed by atoms with Crippen LogP contribution < -0.4 is 0 Å². The zero-order valence-electron chi connectivity index (χ0n) is 7.59. The smallest absolute Gasteiger partial charge is 0.147 e. The predicted octanol–water partition coefficient (Wildman–Crippen LogP) is 1.03. The van der Waals surface area contributed by atoms with Crippen LogP contribution in [-0.2, 0) is 33.5 Å². The summed E-state index contributed by atoms with van der Waals surface area (Å²) >= 11 is -2.27. The Hall–Kier alpha value is 1.65. The zero-order valence-corrected chi connectivity index (χ0v) is 14.1. The molecule has 0 spiro atoms. The topological polar surface area (TPSA) is 68.3 Å². The van der Waals surface area contributed by atoms with Gasteiger partial charge in [0.25, 0.3) is 0 Å². The minimum absolute atomic E-state index is 0. The van der Waals surface area contributed by atoms with Crippen molar-refractivity contribution in [2.75, 3.05) is 11.5 Å². The Labute approximate surface area is 112 Å². The van der Waals surface area contributed by atoms with Crippen LogP contribution >= 0.6 is 37.2 Å². The molecular weight excluding hydrogens is 374 g/mol. The molecule has 0 unspecified atom stereocenters. The van der Waals surface area contributed by atoms with Gasteiger partial charge in [0.1, 0.15) is 0 Å². The molecule has 10 heteroatoms. The fraction of sp³-hybridized carbons (Fsp3) is 1.00. The Kier molecular flexibility index (Phi) is 17.4. The van der Waals surface area contributed by atoms with E-state index in [0.29, 0.717) is 0 Å². The summed E-state index contributed by atoms with van der Waals surface area (Å²) in [5.41, 5.74) is 0. The van der Waals surface area contributed by atoms with Crippen LogP contribution in [0.1, 0.15) is 13.8 Å². The van der Waals surface area contributed by atoms with Crippen molar-refractivity contribution in [3.63, 3.8) is 0 Å². The first-order chi connectivity index (χ1) is 4.83. The molecule has 4 nitrogen and oxygen atoms in total. The van der Waals surface area contributed by atoms with Crippen LogP contribution in [0.4, 0.5) is 0 Å². The maximum Gasteiger partial charge on any atom is -0.147 e. The SMILES string of the molecule is CC[S](=O)(=O)[Zr][S](=O)(=O)CC.Cl.Cl.Cl. The third kappa shape index (κ3) is 11.7. The summed E-state index contributed by atoms with van der Waals surface area (Å²) in [6, 6.07) is 0. The first-order valence-corrected chi connectivity index (χ1v) is 12.4. The molecule has 0 aliphatic carbocycles. The minimum atomic E-state index is -3.21. The molecule has 0 N–H and O–H groups in total. The van der Waals surface area contributed by atoms with Crippen LogP contribution in [0.25, 0.3) is 0 Å². The Morgan fingerprint density at radius 1 is 0.786 bits per heavy atom. The largest absolute Gasteiger partial charge is 0.147 e. The summed E-state index contributed by atoms with van der Waals surface area (Å²) in [6.45, 7) is -3.47. The monoisotopic (exact) mass is 384 g/mol. The van der Waals surface area contributed by atoms with Gasteiger partial charge in [-0.25, -0.2) is 0 Å². The van der Waals surface area contributed by atoms with Gasteiger partial charge in [-0.1, -0.05) is 0 Å². The van der Waals surface area contributed by atoms with Crippen LogP contribution in [0.5, 0.6) is 0 Å². The molecule has 0 aromatic heterocycles.